The van der Waals surface area contributed by atoms with E-state index < -0.39 is 5.97 Å². The van der Waals surface area contributed by atoms with Gasteiger partial charge in [-0.3, -0.25) is 0 Å². The minimum absolute atomic E-state index is 0.138. The highest BCUT2D eigenvalue weighted by molar-refractivity contribution is 5.86. The SMILES string of the molecule is COc1ccc2ccc(OC(=O)COc3ccccc3C)cc2c1. The van der Waals surface area contributed by atoms with Crippen molar-refractivity contribution in [1.82, 2.24) is 0 Å². The van der Waals surface area contributed by atoms with Gasteiger partial charge in [-0.25, -0.2) is 4.79 Å². The molecule has 0 aliphatic heterocycles. The van der Waals surface area contributed by atoms with Gasteiger partial charge in [0.15, 0.2) is 6.61 Å². The van der Waals surface area contributed by atoms with Crippen LogP contribution >= 0.6 is 0 Å². The number of carbonyl (C=O) groups excluding carboxylic acids is 1. The van der Waals surface area contributed by atoms with Crippen LogP contribution in [0.25, 0.3) is 10.8 Å². The van der Waals surface area contributed by atoms with Crippen LogP contribution in [-0.2, 0) is 4.79 Å². The highest BCUT2D eigenvalue weighted by Gasteiger charge is 2.08. The molecule has 0 saturated heterocycles. The Labute approximate surface area is 140 Å². The second-order valence-electron chi connectivity index (χ2n) is 5.40. The molecule has 0 spiro atoms. The van der Waals surface area contributed by atoms with Crippen LogP contribution in [0.1, 0.15) is 5.56 Å². The number of benzene rings is 3. The third-order valence-electron chi connectivity index (χ3n) is 3.69. The lowest BCUT2D eigenvalue weighted by molar-refractivity contribution is -0.136. The zero-order valence-corrected chi connectivity index (χ0v) is 13.6. The fourth-order valence-corrected chi connectivity index (χ4v) is 2.41. The van der Waals surface area contributed by atoms with Gasteiger partial charge >= 0.3 is 5.97 Å². The molecular weight excluding hydrogens is 304 g/mol. The first kappa shape index (κ1) is 15.9. The van der Waals surface area contributed by atoms with Gasteiger partial charge in [0.25, 0.3) is 0 Å². The highest BCUT2D eigenvalue weighted by atomic mass is 16.6. The van der Waals surface area contributed by atoms with Gasteiger partial charge < -0.3 is 14.2 Å². The first-order chi connectivity index (χ1) is 11.7. The molecule has 0 heterocycles. The van der Waals surface area contributed by atoms with E-state index in [1.165, 1.54) is 0 Å². The molecule has 0 atom stereocenters. The molecule has 0 unspecified atom stereocenters. The Morgan fingerprint density at radius 2 is 1.62 bits per heavy atom. The topological polar surface area (TPSA) is 44.8 Å². The van der Waals surface area contributed by atoms with Crippen molar-refractivity contribution in [3.8, 4) is 17.2 Å². The Kier molecular flexibility index (Phi) is 4.66. The molecule has 122 valence electrons. The molecule has 0 aliphatic rings. The zero-order chi connectivity index (χ0) is 16.9. The number of esters is 1. The average Bonchev–Trinajstić information content (AvgIpc) is 2.60. The van der Waals surface area contributed by atoms with Gasteiger partial charge in [0, 0.05) is 0 Å². The van der Waals surface area contributed by atoms with E-state index in [0.717, 1.165) is 22.1 Å². The summed E-state index contributed by atoms with van der Waals surface area (Å²) in [4.78, 5) is 12.0. The predicted octanol–water partition coefficient (Wildman–Crippen LogP) is 4.14. The van der Waals surface area contributed by atoms with E-state index in [2.05, 4.69) is 0 Å². The van der Waals surface area contributed by atoms with Gasteiger partial charge in [-0.2, -0.15) is 0 Å². The van der Waals surface area contributed by atoms with Crippen LogP contribution in [0.5, 0.6) is 17.2 Å². The van der Waals surface area contributed by atoms with Gasteiger partial charge in [0.1, 0.15) is 17.2 Å². The number of hydrogen-bond acceptors (Lipinski definition) is 4. The van der Waals surface area contributed by atoms with Crippen LogP contribution in [0, 0.1) is 6.92 Å². The van der Waals surface area contributed by atoms with Crippen LogP contribution in [0.3, 0.4) is 0 Å². The number of rotatable bonds is 5. The average molecular weight is 322 g/mol. The number of fused-ring (bicyclic) bond motifs is 1. The second-order valence-corrected chi connectivity index (χ2v) is 5.40. The standard InChI is InChI=1S/C20H18O4/c1-14-5-3-4-6-19(14)23-13-20(21)24-18-10-8-15-7-9-17(22-2)11-16(15)12-18/h3-12H,13H2,1-2H3. The molecule has 0 saturated carbocycles. The largest absolute Gasteiger partial charge is 0.497 e. The van der Waals surface area contributed by atoms with Crippen molar-refractivity contribution in [2.45, 2.75) is 6.92 Å². The van der Waals surface area contributed by atoms with Crippen LogP contribution < -0.4 is 14.2 Å². The van der Waals surface area contributed by atoms with Crippen molar-refractivity contribution in [2.75, 3.05) is 13.7 Å². The Morgan fingerprint density at radius 1 is 0.917 bits per heavy atom. The predicted molar refractivity (Wildman–Crippen MR) is 92.8 cm³/mol. The quantitative estimate of drug-likeness (QED) is 0.523. The number of hydrogen-bond donors (Lipinski definition) is 0. The van der Waals surface area contributed by atoms with E-state index >= 15 is 0 Å². The monoisotopic (exact) mass is 322 g/mol. The molecule has 24 heavy (non-hydrogen) atoms. The molecular formula is C20H18O4. The summed E-state index contributed by atoms with van der Waals surface area (Å²) in [5, 5.41) is 1.99. The first-order valence-corrected chi connectivity index (χ1v) is 7.62. The minimum atomic E-state index is -0.444. The smallest absolute Gasteiger partial charge is 0.349 e. The van der Waals surface area contributed by atoms with Gasteiger partial charge in [-0.05, 0) is 53.6 Å². The summed E-state index contributed by atoms with van der Waals surface area (Å²) in [6.07, 6.45) is 0. The molecule has 4 nitrogen and oxygen atoms in total. The maximum Gasteiger partial charge on any atom is 0.349 e. The van der Waals surface area contributed by atoms with Gasteiger partial charge in [0.2, 0.25) is 0 Å². The molecule has 0 bridgehead atoms. The van der Waals surface area contributed by atoms with Crippen molar-refractivity contribution in [3.63, 3.8) is 0 Å². The van der Waals surface area contributed by atoms with Crippen LogP contribution in [0.2, 0.25) is 0 Å². The Bertz CT molecular complexity index is 870. The molecule has 0 amide bonds. The van der Waals surface area contributed by atoms with Gasteiger partial charge in [-0.15, -0.1) is 0 Å². The number of aryl methyl sites for hydroxylation is 1. The summed E-state index contributed by atoms with van der Waals surface area (Å²) >= 11 is 0. The molecule has 3 aromatic carbocycles. The van der Waals surface area contributed by atoms with Crippen molar-refractivity contribution in [3.05, 3.63) is 66.2 Å². The summed E-state index contributed by atoms with van der Waals surface area (Å²) in [5.41, 5.74) is 0.975. The maximum atomic E-state index is 12.0. The fourth-order valence-electron chi connectivity index (χ4n) is 2.41. The number of para-hydroxylation sites is 1. The lowest BCUT2D eigenvalue weighted by Gasteiger charge is -2.09. The molecule has 0 fully saturated rings. The third-order valence-corrected chi connectivity index (χ3v) is 3.69. The molecule has 4 heteroatoms. The maximum absolute atomic E-state index is 12.0. The van der Waals surface area contributed by atoms with E-state index in [4.69, 9.17) is 14.2 Å². The Balaban J connectivity index is 1.67. The molecule has 0 N–H and O–H groups in total. The first-order valence-electron chi connectivity index (χ1n) is 7.62. The van der Waals surface area contributed by atoms with Crippen molar-refractivity contribution >= 4 is 16.7 Å². The van der Waals surface area contributed by atoms with Gasteiger partial charge in [0.05, 0.1) is 7.11 Å². The molecule has 0 radical (unpaired) electrons. The highest BCUT2D eigenvalue weighted by Crippen LogP contribution is 2.25. The minimum Gasteiger partial charge on any atom is -0.497 e. The van der Waals surface area contributed by atoms with E-state index in [9.17, 15) is 4.79 Å². The Hall–Kier alpha value is -3.01. The summed E-state index contributed by atoms with van der Waals surface area (Å²) in [6.45, 7) is 1.79. The van der Waals surface area contributed by atoms with E-state index in [0.29, 0.717) is 11.5 Å². The van der Waals surface area contributed by atoms with Crippen LogP contribution in [0.4, 0.5) is 0 Å². The summed E-state index contributed by atoms with van der Waals surface area (Å²) in [7, 11) is 1.62. The summed E-state index contributed by atoms with van der Waals surface area (Å²) in [5.74, 6) is 1.47. The van der Waals surface area contributed by atoms with Crippen molar-refractivity contribution in [1.29, 1.82) is 0 Å². The van der Waals surface area contributed by atoms with Crippen LogP contribution in [0.15, 0.2) is 60.7 Å². The van der Waals surface area contributed by atoms with E-state index in [1.54, 1.807) is 13.2 Å². The summed E-state index contributed by atoms with van der Waals surface area (Å²) < 4.78 is 16.1. The molecule has 3 aromatic rings. The third kappa shape index (κ3) is 3.66. The van der Waals surface area contributed by atoms with Crippen molar-refractivity contribution in [2.24, 2.45) is 0 Å². The van der Waals surface area contributed by atoms with Crippen molar-refractivity contribution < 1.29 is 19.0 Å². The lowest BCUT2D eigenvalue weighted by atomic mass is 10.1. The van der Waals surface area contributed by atoms with Gasteiger partial charge in [-0.1, -0.05) is 30.3 Å². The number of methoxy groups -OCH3 is 1. The number of ether oxygens (including phenoxy) is 3. The molecule has 3 rings (SSSR count). The molecule has 0 aliphatic carbocycles. The fraction of sp³-hybridized carbons (Fsp3) is 0.150. The zero-order valence-electron chi connectivity index (χ0n) is 13.6. The molecule has 0 aromatic heterocycles. The van der Waals surface area contributed by atoms with Crippen LogP contribution in [-0.4, -0.2) is 19.7 Å². The summed E-state index contributed by atoms with van der Waals surface area (Å²) in [6, 6.07) is 18.8. The normalized spacial score (nSPS) is 10.4. The Morgan fingerprint density at radius 3 is 2.38 bits per heavy atom. The number of carbonyl (C=O) groups is 1. The van der Waals surface area contributed by atoms with E-state index in [1.807, 2.05) is 61.5 Å². The lowest BCUT2D eigenvalue weighted by Crippen LogP contribution is -2.17. The second kappa shape index (κ2) is 7.04. The van der Waals surface area contributed by atoms with E-state index in [-0.39, 0.29) is 6.61 Å².